The van der Waals surface area contributed by atoms with Crippen molar-refractivity contribution >= 4 is 0 Å². The molecule has 4 N–H and O–H groups in total. The highest BCUT2D eigenvalue weighted by atomic mass is 16.3. The van der Waals surface area contributed by atoms with Crippen molar-refractivity contribution in [2.75, 3.05) is 19.7 Å². The van der Waals surface area contributed by atoms with Crippen LogP contribution in [0.4, 0.5) is 0 Å². The fourth-order valence-electron chi connectivity index (χ4n) is 0.916. The Morgan fingerprint density at radius 1 is 1.17 bits per heavy atom. The fourth-order valence-corrected chi connectivity index (χ4v) is 0.916. The Hall–Kier alpha value is -0.160. The number of aliphatic hydroxyl groups excluding tert-OH is 3. The standard InChI is InChI=1S/C8H19NO3/c1-2-3-7(11)4-9-5-8(12)6-10/h7-12H,2-6H2,1H3/t7?,8-/m0/s1. The van der Waals surface area contributed by atoms with Crippen LogP contribution in [-0.4, -0.2) is 47.2 Å². The van der Waals surface area contributed by atoms with E-state index in [1.165, 1.54) is 0 Å². The Labute approximate surface area is 73.2 Å². The minimum Gasteiger partial charge on any atom is -0.394 e. The van der Waals surface area contributed by atoms with Crippen LogP contribution < -0.4 is 5.32 Å². The first kappa shape index (κ1) is 11.8. The van der Waals surface area contributed by atoms with Crippen molar-refractivity contribution in [1.29, 1.82) is 0 Å². The maximum Gasteiger partial charge on any atom is 0.0894 e. The summed E-state index contributed by atoms with van der Waals surface area (Å²) >= 11 is 0. The Kier molecular flexibility index (Phi) is 7.39. The zero-order valence-corrected chi connectivity index (χ0v) is 7.53. The summed E-state index contributed by atoms with van der Waals surface area (Å²) in [5, 5.41) is 29.4. The van der Waals surface area contributed by atoms with Gasteiger partial charge >= 0.3 is 0 Å². The van der Waals surface area contributed by atoms with Crippen molar-refractivity contribution < 1.29 is 15.3 Å². The van der Waals surface area contributed by atoms with Crippen molar-refractivity contribution in [3.8, 4) is 0 Å². The molecule has 0 aromatic rings. The summed E-state index contributed by atoms with van der Waals surface area (Å²) in [4.78, 5) is 0. The molecule has 0 bridgehead atoms. The lowest BCUT2D eigenvalue weighted by atomic mass is 10.2. The van der Waals surface area contributed by atoms with Crippen molar-refractivity contribution in [3.05, 3.63) is 0 Å². The number of hydrogen-bond donors (Lipinski definition) is 4. The minimum absolute atomic E-state index is 0.239. The first-order valence-corrected chi connectivity index (χ1v) is 4.38. The summed E-state index contributed by atoms with van der Waals surface area (Å²) in [6.45, 7) is 2.57. The average molecular weight is 177 g/mol. The number of hydrogen-bond acceptors (Lipinski definition) is 4. The maximum absolute atomic E-state index is 9.23. The Morgan fingerprint density at radius 3 is 2.25 bits per heavy atom. The Balaban J connectivity index is 3.18. The Bertz CT molecular complexity index is 100. The van der Waals surface area contributed by atoms with Gasteiger partial charge in [-0.05, 0) is 6.42 Å². The van der Waals surface area contributed by atoms with E-state index in [9.17, 15) is 5.11 Å². The third-order valence-corrected chi connectivity index (χ3v) is 1.59. The minimum atomic E-state index is -0.723. The van der Waals surface area contributed by atoms with E-state index in [4.69, 9.17) is 10.2 Å². The molecule has 0 saturated carbocycles. The van der Waals surface area contributed by atoms with E-state index < -0.39 is 6.10 Å². The highest BCUT2D eigenvalue weighted by Gasteiger charge is 2.04. The van der Waals surface area contributed by atoms with Crippen LogP contribution in [0.2, 0.25) is 0 Å². The molecule has 4 nitrogen and oxygen atoms in total. The largest absolute Gasteiger partial charge is 0.394 e. The van der Waals surface area contributed by atoms with Gasteiger partial charge in [0.2, 0.25) is 0 Å². The molecule has 0 aliphatic heterocycles. The number of nitrogens with one attached hydrogen (secondary N) is 1. The van der Waals surface area contributed by atoms with Crippen LogP contribution in [0, 0.1) is 0 Å². The van der Waals surface area contributed by atoms with Crippen LogP contribution in [0.1, 0.15) is 19.8 Å². The predicted molar refractivity (Wildman–Crippen MR) is 46.9 cm³/mol. The second kappa shape index (κ2) is 7.49. The van der Waals surface area contributed by atoms with E-state index in [2.05, 4.69) is 5.32 Å². The smallest absolute Gasteiger partial charge is 0.0894 e. The van der Waals surface area contributed by atoms with E-state index in [-0.39, 0.29) is 12.7 Å². The molecule has 0 aromatic carbocycles. The summed E-state index contributed by atoms with van der Waals surface area (Å²) < 4.78 is 0. The predicted octanol–water partition coefficient (Wildman–Crippen LogP) is -0.910. The maximum atomic E-state index is 9.23. The molecular formula is C8H19NO3. The molecule has 74 valence electrons. The van der Waals surface area contributed by atoms with Gasteiger partial charge in [-0.1, -0.05) is 13.3 Å². The van der Waals surface area contributed by atoms with E-state index in [0.717, 1.165) is 12.8 Å². The van der Waals surface area contributed by atoms with Gasteiger partial charge in [0.1, 0.15) is 0 Å². The molecule has 0 saturated heterocycles. The van der Waals surface area contributed by atoms with Crippen LogP contribution in [0.25, 0.3) is 0 Å². The zero-order valence-electron chi connectivity index (χ0n) is 7.53. The van der Waals surface area contributed by atoms with Crippen molar-refractivity contribution in [1.82, 2.24) is 5.32 Å². The number of aliphatic hydroxyl groups is 3. The lowest BCUT2D eigenvalue weighted by molar-refractivity contribution is 0.0882. The van der Waals surface area contributed by atoms with Gasteiger partial charge in [0.15, 0.2) is 0 Å². The van der Waals surface area contributed by atoms with Gasteiger partial charge in [-0.15, -0.1) is 0 Å². The summed E-state index contributed by atoms with van der Waals surface area (Å²) in [6, 6.07) is 0. The molecule has 0 heterocycles. The molecule has 0 radical (unpaired) electrons. The second-order valence-electron chi connectivity index (χ2n) is 2.94. The first-order valence-electron chi connectivity index (χ1n) is 4.38. The average Bonchev–Trinajstić information content (AvgIpc) is 2.04. The molecule has 1 unspecified atom stereocenters. The molecule has 0 rings (SSSR count). The number of rotatable bonds is 7. The quantitative estimate of drug-likeness (QED) is 0.406. The van der Waals surface area contributed by atoms with Crippen LogP contribution in [0.5, 0.6) is 0 Å². The molecule has 2 atom stereocenters. The van der Waals surface area contributed by atoms with Crippen LogP contribution in [0.15, 0.2) is 0 Å². The summed E-state index contributed by atoms with van der Waals surface area (Å²) in [5.41, 5.74) is 0. The molecule has 0 aliphatic carbocycles. The Morgan fingerprint density at radius 2 is 1.75 bits per heavy atom. The molecule has 0 spiro atoms. The van der Waals surface area contributed by atoms with Crippen LogP contribution in [-0.2, 0) is 0 Å². The van der Waals surface area contributed by atoms with E-state index in [1.54, 1.807) is 0 Å². The third-order valence-electron chi connectivity index (χ3n) is 1.59. The summed E-state index contributed by atoms with van der Waals surface area (Å²) in [7, 11) is 0. The molecule has 0 fully saturated rings. The molecule has 0 amide bonds. The summed E-state index contributed by atoms with van der Waals surface area (Å²) in [5.74, 6) is 0. The zero-order chi connectivity index (χ0) is 9.40. The van der Waals surface area contributed by atoms with Crippen LogP contribution >= 0.6 is 0 Å². The van der Waals surface area contributed by atoms with Crippen LogP contribution in [0.3, 0.4) is 0 Å². The van der Waals surface area contributed by atoms with E-state index in [0.29, 0.717) is 13.1 Å². The molecule has 0 aliphatic rings. The third kappa shape index (κ3) is 6.54. The highest BCUT2D eigenvalue weighted by Crippen LogP contribution is 1.93. The SMILES string of the molecule is CCCC(O)CNC[C@H](O)CO. The normalized spacial score (nSPS) is 16.0. The molecular weight excluding hydrogens is 158 g/mol. The molecule has 0 aromatic heterocycles. The van der Waals surface area contributed by atoms with Gasteiger partial charge in [-0.2, -0.15) is 0 Å². The fraction of sp³-hybridized carbons (Fsp3) is 1.00. The van der Waals surface area contributed by atoms with Gasteiger partial charge in [0.05, 0.1) is 18.8 Å². The monoisotopic (exact) mass is 177 g/mol. The second-order valence-corrected chi connectivity index (χ2v) is 2.94. The molecule has 4 heteroatoms. The van der Waals surface area contributed by atoms with Gasteiger partial charge in [0.25, 0.3) is 0 Å². The highest BCUT2D eigenvalue weighted by molar-refractivity contribution is 4.62. The lowest BCUT2D eigenvalue weighted by Crippen LogP contribution is -2.34. The van der Waals surface area contributed by atoms with Gasteiger partial charge in [-0.3, -0.25) is 0 Å². The van der Waals surface area contributed by atoms with Crippen molar-refractivity contribution in [3.63, 3.8) is 0 Å². The van der Waals surface area contributed by atoms with Gasteiger partial charge in [-0.25, -0.2) is 0 Å². The lowest BCUT2D eigenvalue weighted by Gasteiger charge is -2.12. The van der Waals surface area contributed by atoms with Gasteiger partial charge in [0, 0.05) is 13.1 Å². The molecule has 12 heavy (non-hydrogen) atoms. The van der Waals surface area contributed by atoms with Gasteiger partial charge < -0.3 is 20.6 Å². The van der Waals surface area contributed by atoms with Crippen molar-refractivity contribution in [2.45, 2.75) is 32.0 Å². The van der Waals surface area contributed by atoms with Crippen molar-refractivity contribution in [2.24, 2.45) is 0 Å². The van der Waals surface area contributed by atoms with E-state index >= 15 is 0 Å². The summed E-state index contributed by atoms with van der Waals surface area (Å²) in [6.07, 6.45) is 0.646. The van der Waals surface area contributed by atoms with E-state index in [1.807, 2.05) is 6.92 Å². The first-order chi connectivity index (χ1) is 5.70. The topological polar surface area (TPSA) is 72.7 Å².